The minimum atomic E-state index is -4.07. The number of sulfone groups is 1. The van der Waals surface area contributed by atoms with Crippen LogP contribution in [0.5, 0.6) is 0 Å². The van der Waals surface area contributed by atoms with Gasteiger partial charge in [-0.15, -0.1) is 0 Å². The maximum absolute atomic E-state index is 12.9. The minimum absolute atomic E-state index is 0.122. The molecule has 8 heteroatoms. The summed E-state index contributed by atoms with van der Waals surface area (Å²) in [6.45, 7) is 1.51. The lowest BCUT2D eigenvalue weighted by Crippen LogP contribution is -2.24. The Balaban J connectivity index is 2.19. The molecule has 1 heterocycles. The van der Waals surface area contributed by atoms with E-state index in [4.69, 9.17) is 34.8 Å². The van der Waals surface area contributed by atoms with Gasteiger partial charge in [0, 0.05) is 21.3 Å². The molecule has 0 bridgehead atoms. The van der Waals surface area contributed by atoms with E-state index in [0.29, 0.717) is 5.02 Å². The molecular weight excluding hydrogens is 393 g/mol. The van der Waals surface area contributed by atoms with Crippen LogP contribution in [0.25, 0.3) is 0 Å². The Morgan fingerprint density at radius 3 is 2.25 bits per heavy atom. The van der Waals surface area contributed by atoms with Crippen LogP contribution in [0, 0.1) is 0 Å². The summed E-state index contributed by atoms with van der Waals surface area (Å²) in [5, 5.41) is 3.67. The molecule has 1 N–H and O–H groups in total. The average Bonchev–Trinajstić information content (AvgIpc) is 2.49. The molecule has 0 atom stereocenters. The Bertz CT molecular complexity index is 996. The van der Waals surface area contributed by atoms with Gasteiger partial charge in [0.05, 0.1) is 15.6 Å². The fourth-order valence-corrected chi connectivity index (χ4v) is 5.00. The van der Waals surface area contributed by atoms with E-state index in [0.717, 1.165) is 0 Å². The molecule has 2 aromatic carbocycles. The molecule has 0 radical (unpaired) electrons. The summed E-state index contributed by atoms with van der Waals surface area (Å²) in [5.41, 5.74) is 0.633. The zero-order valence-corrected chi connectivity index (χ0v) is 15.3. The summed E-state index contributed by atoms with van der Waals surface area (Å²) >= 11 is 17.8. The summed E-state index contributed by atoms with van der Waals surface area (Å²) in [6, 6.07) is 8.70. The molecule has 1 aliphatic rings. The topological polar surface area (TPSA) is 63.2 Å². The maximum Gasteiger partial charge on any atom is 0.214 e. The molecule has 0 saturated carbocycles. The fraction of sp³-hybridized carbons (Fsp3) is 0.0625. The van der Waals surface area contributed by atoms with E-state index < -0.39 is 15.6 Å². The van der Waals surface area contributed by atoms with E-state index in [-0.39, 0.29) is 36.8 Å². The van der Waals surface area contributed by atoms with Crippen LogP contribution in [0.4, 0.5) is 5.69 Å². The number of anilines is 1. The normalized spacial score (nSPS) is 15.7. The van der Waals surface area contributed by atoms with E-state index in [9.17, 15) is 13.2 Å². The summed E-state index contributed by atoms with van der Waals surface area (Å²) in [4.78, 5) is 12.3. The molecule has 0 saturated heterocycles. The van der Waals surface area contributed by atoms with Gasteiger partial charge in [-0.25, -0.2) is 8.42 Å². The van der Waals surface area contributed by atoms with Gasteiger partial charge in [-0.3, -0.25) is 4.79 Å². The summed E-state index contributed by atoms with van der Waals surface area (Å²) in [6.07, 6.45) is 0. The zero-order valence-electron chi connectivity index (χ0n) is 12.2. The zero-order chi connectivity index (χ0) is 17.6. The minimum Gasteiger partial charge on any atom is -0.356 e. The molecule has 124 valence electrons. The third-order valence-electron chi connectivity index (χ3n) is 3.54. The fourth-order valence-electron chi connectivity index (χ4n) is 2.46. The molecule has 2 aromatic rings. The smallest absolute Gasteiger partial charge is 0.214 e. The third kappa shape index (κ3) is 2.82. The van der Waals surface area contributed by atoms with Crippen molar-refractivity contribution in [1.29, 1.82) is 0 Å². The standard InChI is InChI=1S/C16H10Cl3NO3S/c1-8-16(15(21)9-2-4-10(17)5-3-9)24(22,23)13-7-11(18)6-12(19)14(13)20-8/h2-7,20H,1H3. The summed E-state index contributed by atoms with van der Waals surface area (Å²) in [7, 11) is -4.07. The summed E-state index contributed by atoms with van der Waals surface area (Å²) in [5.74, 6) is -0.626. The maximum atomic E-state index is 12.9. The number of allylic oxidation sites excluding steroid dienone is 2. The lowest BCUT2D eigenvalue weighted by atomic mass is 10.1. The number of nitrogens with one attached hydrogen (secondary N) is 1. The van der Waals surface area contributed by atoms with E-state index in [1.54, 1.807) is 0 Å². The van der Waals surface area contributed by atoms with Gasteiger partial charge in [0.25, 0.3) is 0 Å². The van der Waals surface area contributed by atoms with Gasteiger partial charge < -0.3 is 5.32 Å². The Kier molecular flexibility index (Phi) is 4.38. The first kappa shape index (κ1) is 17.3. The molecule has 0 unspecified atom stereocenters. The van der Waals surface area contributed by atoms with Crippen LogP contribution in [-0.2, 0) is 9.84 Å². The van der Waals surface area contributed by atoms with Crippen molar-refractivity contribution < 1.29 is 13.2 Å². The molecule has 3 rings (SSSR count). The van der Waals surface area contributed by atoms with Crippen molar-refractivity contribution in [3.05, 3.63) is 67.6 Å². The van der Waals surface area contributed by atoms with Crippen LogP contribution in [0.1, 0.15) is 17.3 Å². The second kappa shape index (κ2) is 6.08. The molecule has 0 aliphatic carbocycles. The number of rotatable bonds is 2. The van der Waals surface area contributed by atoms with Crippen LogP contribution in [0.2, 0.25) is 15.1 Å². The van der Waals surface area contributed by atoms with Gasteiger partial charge in [0.15, 0.2) is 0 Å². The predicted octanol–water partition coefficient (Wildman–Crippen LogP) is 4.96. The van der Waals surface area contributed by atoms with Crippen molar-refractivity contribution in [2.45, 2.75) is 11.8 Å². The third-order valence-corrected chi connectivity index (χ3v) is 6.24. The van der Waals surface area contributed by atoms with Crippen LogP contribution in [-0.4, -0.2) is 14.2 Å². The molecule has 0 spiro atoms. The van der Waals surface area contributed by atoms with Crippen LogP contribution in [0.3, 0.4) is 0 Å². The lowest BCUT2D eigenvalue weighted by Gasteiger charge is -2.23. The number of carbonyl (C=O) groups excluding carboxylic acids is 1. The quantitative estimate of drug-likeness (QED) is 0.721. The number of halogens is 3. The number of carbonyl (C=O) groups is 1. The molecule has 24 heavy (non-hydrogen) atoms. The van der Waals surface area contributed by atoms with Gasteiger partial charge in [-0.1, -0.05) is 34.8 Å². The highest BCUT2D eigenvalue weighted by Gasteiger charge is 2.36. The van der Waals surface area contributed by atoms with Gasteiger partial charge in [0.2, 0.25) is 15.6 Å². The highest BCUT2D eigenvalue weighted by atomic mass is 35.5. The monoisotopic (exact) mass is 401 g/mol. The second-order valence-electron chi connectivity index (χ2n) is 5.18. The van der Waals surface area contributed by atoms with E-state index in [2.05, 4.69) is 5.32 Å². The predicted molar refractivity (Wildman–Crippen MR) is 95.8 cm³/mol. The Morgan fingerprint density at radius 1 is 1.00 bits per heavy atom. The largest absolute Gasteiger partial charge is 0.356 e. The SMILES string of the molecule is CC1=C(C(=O)c2ccc(Cl)cc2)S(=O)(=O)c2cc(Cl)cc(Cl)c2N1. The number of fused-ring (bicyclic) bond motifs is 1. The van der Waals surface area contributed by atoms with Crippen LogP contribution in [0.15, 0.2) is 51.9 Å². The first-order valence-corrected chi connectivity index (χ1v) is 9.36. The van der Waals surface area contributed by atoms with Crippen molar-refractivity contribution in [2.24, 2.45) is 0 Å². The van der Waals surface area contributed by atoms with Crippen molar-refractivity contribution in [1.82, 2.24) is 0 Å². The molecule has 0 fully saturated rings. The van der Waals surface area contributed by atoms with E-state index in [1.165, 1.54) is 43.3 Å². The van der Waals surface area contributed by atoms with Crippen LogP contribution >= 0.6 is 34.8 Å². The van der Waals surface area contributed by atoms with Crippen molar-refractivity contribution in [3.8, 4) is 0 Å². The molecule has 4 nitrogen and oxygen atoms in total. The van der Waals surface area contributed by atoms with Crippen molar-refractivity contribution >= 4 is 56.1 Å². The number of ketones is 1. The molecular formula is C16H10Cl3NO3S. The summed E-state index contributed by atoms with van der Waals surface area (Å²) < 4.78 is 25.9. The Hall–Kier alpha value is -1.53. The highest BCUT2D eigenvalue weighted by Crippen LogP contribution is 2.41. The highest BCUT2D eigenvalue weighted by molar-refractivity contribution is 7.96. The first-order chi connectivity index (χ1) is 11.2. The molecule has 0 amide bonds. The second-order valence-corrected chi connectivity index (χ2v) is 8.31. The lowest BCUT2D eigenvalue weighted by molar-refractivity contribution is 0.104. The van der Waals surface area contributed by atoms with Gasteiger partial charge in [-0.2, -0.15) is 0 Å². The molecule has 0 aromatic heterocycles. The first-order valence-electron chi connectivity index (χ1n) is 6.74. The van der Waals surface area contributed by atoms with Gasteiger partial charge in [0.1, 0.15) is 4.91 Å². The Morgan fingerprint density at radius 2 is 1.62 bits per heavy atom. The number of hydrogen-bond donors (Lipinski definition) is 1. The van der Waals surface area contributed by atoms with Crippen molar-refractivity contribution in [3.63, 3.8) is 0 Å². The Labute approximate surface area is 153 Å². The van der Waals surface area contributed by atoms with E-state index >= 15 is 0 Å². The molecule has 1 aliphatic heterocycles. The van der Waals surface area contributed by atoms with E-state index in [1.807, 2.05) is 0 Å². The number of benzene rings is 2. The van der Waals surface area contributed by atoms with Gasteiger partial charge in [-0.05, 0) is 43.3 Å². The van der Waals surface area contributed by atoms with Crippen molar-refractivity contribution in [2.75, 3.05) is 5.32 Å². The number of hydrogen-bond acceptors (Lipinski definition) is 4. The average molecular weight is 403 g/mol. The van der Waals surface area contributed by atoms with Gasteiger partial charge >= 0.3 is 0 Å². The van der Waals surface area contributed by atoms with Crippen LogP contribution < -0.4 is 5.32 Å². The number of Topliss-reactive ketones (excluding diaryl/α,β-unsaturated/α-hetero) is 1.